The Labute approximate surface area is 118 Å². The summed E-state index contributed by atoms with van der Waals surface area (Å²) in [6.07, 6.45) is 1.60. The van der Waals surface area contributed by atoms with Crippen LogP contribution in [0.4, 0.5) is 5.82 Å². The third-order valence-electron chi connectivity index (χ3n) is 3.74. The molecule has 1 aromatic carbocycles. The lowest BCUT2D eigenvalue weighted by Gasteiger charge is -2.15. The van der Waals surface area contributed by atoms with Crippen molar-refractivity contribution >= 4 is 16.9 Å². The lowest BCUT2D eigenvalue weighted by molar-refractivity contribution is 0.875. The van der Waals surface area contributed by atoms with Gasteiger partial charge in [-0.25, -0.2) is 9.97 Å². The van der Waals surface area contributed by atoms with Gasteiger partial charge in [0.15, 0.2) is 0 Å². The third kappa shape index (κ3) is 2.13. The van der Waals surface area contributed by atoms with Crippen molar-refractivity contribution in [3.8, 4) is 0 Å². The molecule has 0 bridgehead atoms. The van der Waals surface area contributed by atoms with Crippen LogP contribution in [0.15, 0.2) is 36.7 Å². The van der Waals surface area contributed by atoms with E-state index in [9.17, 15) is 0 Å². The van der Waals surface area contributed by atoms with E-state index in [0.717, 1.165) is 22.5 Å². The molecular weight excluding hydrogens is 248 g/mol. The first-order valence-corrected chi connectivity index (χ1v) is 6.78. The van der Waals surface area contributed by atoms with Crippen LogP contribution >= 0.6 is 0 Å². The van der Waals surface area contributed by atoms with Gasteiger partial charge in [0.25, 0.3) is 0 Å². The number of hydrogen-bond donors (Lipinski definition) is 2. The van der Waals surface area contributed by atoms with Gasteiger partial charge in [0, 0.05) is 11.7 Å². The molecule has 4 nitrogen and oxygen atoms in total. The molecule has 0 fully saturated rings. The van der Waals surface area contributed by atoms with Gasteiger partial charge in [-0.15, -0.1) is 0 Å². The molecule has 4 heteroatoms. The number of hydrogen-bond acceptors (Lipinski definition) is 3. The van der Waals surface area contributed by atoms with E-state index in [1.54, 1.807) is 6.33 Å². The lowest BCUT2D eigenvalue weighted by atomic mass is 10.1. The zero-order chi connectivity index (χ0) is 14.1. The minimum Gasteiger partial charge on any atom is -0.363 e. The summed E-state index contributed by atoms with van der Waals surface area (Å²) in [5, 5.41) is 4.56. The largest absolute Gasteiger partial charge is 0.363 e. The van der Waals surface area contributed by atoms with Crippen molar-refractivity contribution in [2.45, 2.75) is 26.8 Å². The van der Waals surface area contributed by atoms with E-state index in [4.69, 9.17) is 0 Å². The molecule has 0 aliphatic rings. The number of aryl methyl sites for hydroxylation is 2. The SMILES string of the molecule is Cc1[nH]c2ncnc(NC(C)c3ccccc3)c2c1C. The minimum absolute atomic E-state index is 0.198. The molecule has 3 aromatic rings. The molecule has 2 heterocycles. The first kappa shape index (κ1) is 12.7. The zero-order valence-electron chi connectivity index (χ0n) is 11.9. The maximum atomic E-state index is 4.40. The van der Waals surface area contributed by atoms with Gasteiger partial charge in [0.1, 0.15) is 17.8 Å². The molecule has 0 radical (unpaired) electrons. The van der Waals surface area contributed by atoms with E-state index in [-0.39, 0.29) is 6.04 Å². The molecule has 3 rings (SSSR count). The summed E-state index contributed by atoms with van der Waals surface area (Å²) in [6.45, 7) is 6.29. The van der Waals surface area contributed by atoms with Gasteiger partial charge >= 0.3 is 0 Å². The van der Waals surface area contributed by atoms with E-state index in [1.807, 2.05) is 6.07 Å². The molecule has 0 saturated heterocycles. The Kier molecular flexibility index (Phi) is 3.14. The first-order valence-electron chi connectivity index (χ1n) is 6.78. The first-order chi connectivity index (χ1) is 9.66. The second-order valence-electron chi connectivity index (χ2n) is 5.10. The van der Waals surface area contributed by atoms with Crippen molar-refractivity contribution < 1.29 is 0 Å². The van der Waals surface area contributed by atoms with Crippen molar-refractivity contribution in [3.05, 3.63) is 53.5 Å². The lowest BCUT2D eigenvalue weighted by Crippen LogP contribution is -2.08. The summed E-state index contributed by atoms with van der Waals surface area (Å²) in [7, 11) is 0. The number of benzene rings is 1. The topological polar surface area (TPSA) is 53.6 Å². The van der Waals surface area contributed by atoms with Crippen molar-refractivity contribution in [1.82, 2.24) is 15.0 Å². The van der Waals surface area contributed by atoms with Crippen molar-refractivity contribution in [2.75, 3.05) is 5.32 Å². The molecule has 2 aromatic heterocycles. The number of anilines is 1. The van der Waals surface area contributed by atoms with Crippen LogP contribution < -0.4 is 5.32 Å². The van der Waals surface area contributed by atoms with Crippen molar-refractivity contribution in [1.29, 1.82) is 0 Å². The van der Waals surface area contributed by atoms with Gasteiger partial charge in [-0.05, 0) is 31.9 Å². The molecule has 0 aliphatic heterocycles. The average Bonchev–Trinajstić information content (AvgIpc) is 2.76. The van der Waals surface area contributed by atoms with Crippen LogP contribution in [-0.4, -0.2) is 15.0 Å². The van der Waals surface area contributed by atoms with E-state index in [1.165, 1.54) is 11.1 Å². The summed E-state index contributed by atoms with van der Waals surface area (Å²) in [5.41, 5.74) is 4.46. The van der Waals surface area contributed by atoms with Gasteiger partial charge in [0.05, 0.1) is 5.39 Å². The van der Waals surface area contributed by atoms with Crippen LogP contribution in [0.5, 0.6) is 0 Å². The van der Waals surface area contributed by atoms with E-state index < -0.39 is 0 Å². The summed E-state index contributed by atoms with van der Waals surface area (Å²) >= 11 is 0. The predicted octanol–water partition coefficient (Wildman–Crippen LogP) is 3.75. The van der Waals surface area contributed by atoms with Crippen molar-refractivity contribution in [2.24, 2.45) is 0 Å². The van der Waals surface area contributed by atoms with Crippen LogP contribution in [0.25, 0.3) is 11.0 Å². The Morgan fingerprint density at radius 2 is 1.85 bits per heavy atom. The smallest absolute Gasteiger partial charge is 0.143 e. The molecule has 102 valence electrons. The molecule has 0 amide bonds. The van der Waals surface area contributed by atoms with E-state index >= 15 is 0 Å². The second kappa shape index (κ2) is 4.96. The standard InChI is InChI=1S/C16H18N4/c1-10-11(2)19-15-14(10)16(18-9-17-15)20-12(3)13-7-5-4-6-8-13/h4-9,12H,1-3H3,(H2,17,18,19,20). The Hall–Kier alpha value is -2.36. The van der Waals surface area contributed by atoms with Gasteiger partial charge < -0.3 is 10.3 Å². The predicted molar refractivity (Wildman–Crippen MR) is 81.8 cm³/mol. The Morgan fingerprint density at radius 3 is 2.60 bits per heavy atom. The van der Waals surface area contributed by atoms with Crippen LogP contribution in [-0.2, 0) is 0 Å². The van der Waals surface area contributed by atoms with E-state index in [2.05, 4.69) is 65.3 Å². The molecule has 0 saturated carbocycles. The fourth-order valence-electron chi connectivity index (χ4n) is 2.43. The number of H-pyrrole nitrogens is 1. The summed E-state index contributed by atoms with van der Waals surface area (Å²) < 4.78 is 0. The monoisotopic (exact) mass is 266 g/mol. The molecule has 2 N–H and O–H groups in total. The van der Waals surface area contributed by atoms with Gasteiger partial charge in [-0.2, -0.15) is 0 Å². The zero-order valence-corrected chi connectivity index (χ0v) is 11.9. The van der Waals surface area contributed by atoms with Crippen LogP contribution in [0, 0.1) is 13.8 Å². The average molecular weight is 266 g/mol. The summed E-state index contributed by atoms with van der Waals surface area (Å²) in [6, 6.07) is 10.6. The van der Waals surface area contributed by atoms with Crippen LogP contribution in [0.3, 0.4) is 0 Å². The highest BCUT2D eigenvalue weighted by molar-refractivity contribution is 5.91. The molecule has 20 heavy (non-hydrogen) atoms. The van der Waals surface area contributed by atoms with Gasteiger partial charge in [-0.1, -0.05) is 30.3 Å². The molecular formula is C16H18N4. The fraction of sp³-hybridized carbons (Fsp3) is 0.250. The number of fused-ring (bicyclic) bond motifs is 1. The quantitative estimate of drug-likeness (QED) is 0.759. The Balaban J connectivity index is 1.99. The van der Waals surface area contributed by atoms with Crippen LogP contribution in [0.1, 0.15) is 29.8 Å². The van der Waals surface area contributed by atoms with E-state index in [0.29, 0.717) is 0 Å². The fourth-order valence-corrected chi connectivity index (χ4v) is 2.43. The number of nitrogens with zero attached hydrogens (tertiary/aromatic N) is 2. The highest BCUT2D eigenvalue weighted by Crippen LogP contribution is 2.28. The summed E-state index contributed by atoms with van der Waals surface area (Å²) in [4.78, 5) is 12.0. The second-order valence-corrected chi connectivity index (χ2v) is 5.10. The molecule has 0 spiro atoms. The highest BCUT2D eigenvalue weighted by atomic mass is 15.1. The molecule has 1 atom stereocenters. The molecule has 1 unspecified atom stereocenters. The van der Waals surface area contributed by atoms with Crippen LogP contribution in [0.2, 0.25) is 0 Å². The number of rotatable bonds is 3. The Morgan fingerprint density at radius 1 is 1.10 bits per heavy atom. The maximum absolute atomic E-state index is 4.40. The normalized spacial score (nSPS) is 12.6. The summed E-state index contributed by atoms with van der Waals surface area (Å²) in [5.74, 6) is 0.883. The maximum Gasteiger partial charge on any atom is 0.143 e. The highest BCUT2D eigenvalue weighted by Gasteiger charge is 2.13. The minimum atomic E-state index is 0.198. The molecule has 0 aliphatic carbocycles. The number of aromatic nitrogens is 3. The number of aromatic amines is 1. The number of nitrogens with one attached hydrogen (secondary N) is 2. The third-order valence-corrected chi connectivity index (χ3v) is 3.74. The Bertz CT molecular complexity index is 731. The van der Waals surface area contributed by atoms with Gasteiger partial charge in [-0.3, -0.25) is 0 Å². The van der Waals surface area contributed by atoms with Gasteiger partial charge in [0.2, 0.25) is 0 Å². The van der Waals surface area contributed by atoms with Crippen molar-refractivity contribution in [3.63, 3.8) is 0 Å².